The first kappa shape index (κ1) is 15.1. The van der Waals surface area contributed by atoms with Gasteiger partial charge in [0.1, 0.15) is 0 Å². The zero-order valence-corrected chi connectivity index (χ0v) is 13.1. The molecule has 2 heterocycles. The number of amides is 2. The van der Waals surface area contributed by atoms with Crippen molar-refractivity contribution in [2.45, 2.75) is 19.9 Å². The van der Waals surface area contributed by atoms with Crippen molar-refractivity contribution in [3.63, 3.8) is 0 Å². The lowest BCUT2D eigenvalue weighted by molar-refractivity contribution is 0.240. The number of hydrogen-bond donors (Lipinski definition) is 3. The molecule has 3 aromatic rings. The number of para-hydroxylation sites is 1. The number of carbonyl (C=O) groups is 1. The molecule has 0 bridgehead atoms. The Labute approximate surface area is 135 Å². The van der Waals surface area contributed by atoms with Gasteiger partial charge in [-0.15, -0.1) is 0 Å². The summed E-state index contributed by atoms with van der Waals surface area (Å²) in [7, 11) is 0. The molecule has 0 atom stereocenters. The van der Waals surface area contributed by atoms with Crippen LogP contribution in [-0.4, -0.2) is 22.5 Å². The largest absolute Gasteiger partial charge is 0.358 e. The maximum Gasteiger partial charge on any atom is 0.315 e. The summed E-state index contributed by atoms with van der Waals surface area (Å²) in [6.07, 6.45) is 4.24. The first-order chi connectivity index (χ1) is 11.2. The number of pyridine rings is 1. The van der Waals surface area contributed by atoms with Crippen molar-refractivity contribution < 1.29 is 4.79 Å². The zero-order chi connectivity index (χ0) is 16.1. The Balaban J connectivity index is 1.50. The average Bonchev–Trinajstić information content (AvgIpc) is 2.90. The van der Waals surface area contributed by atoms with Crippen LogP contribution in [0.3, 0.4) is 0 Å². The Bertz CT molecular complexity index is 795. The maximum atomic E-state index is 11.8. The molecule has 2 amide bonds. The van der Waals surface area contributed by atoms with Crippen LogP contribution in [0.5, 0.6) is 0 Å². The third-order valence-electron chi connectivity index (χ3n) is 3.89. The summed E-state index contributed by atoms with van der Waals surface area (Å²) in [5, 5.41) is 6.97. The summed E-state index contributed by atoms with van der Waals surface area (Å²) in [6, 6.07) is 11.9. The number of rotatable bonds is 5. The highest BCUT2D eigenvalue weighted by molar-refractivity contribution is 5.84. The molecular weight excluding hydrogens is 288 g/mol. The molecule has 23 heavy (non-hydrogen) atoms. The Morgan fingerprint density at radius 1 is 1.13 bits per heavy atom. The van der Waals surface area contributed by atoms with Crippen molar-refractivity contribution in [2.24, 2.45) is 0 Å². The molecule has 118 valence electrons. The third-order valence-corrected chi connectivity index (χ3v) is 3.89. The number of nitrogens with one attached hydrogen (secondary N) is 3. The van der Waals surface area contributed by atoms with Gasteiger partial charge in [-0.05, 0) is 42.7 Å². The summed E-state index contributed by atoms with van der Waals surface area (Å²) >= 11 is 0. The van der Waals surface area contributed by atoms with Crippen LogP contribution >= 0.6 is 0 Å². The maximum absolute atomic E-state index is 11.8. The summed E-state index contributed by atoms with van der Waals surface area (Å²) < 4.78 is 0. The van der Waals surface area contributed by atoms with Gasteiger partial charge in [-0.1, -0.05) is 18.2 Å². The number of nitrogens with zero attached hydrogens (tertiary/aromatic N) is 1. The summed E-state index contributed by atoms with van der Waals surface area (Å²) in [6.45, 7) is 3.17. The van der Waals surface area contributed by atoms with E-state index in [4.69, 9.17) is 0 Å². The molecule has 0 unspecified atom stereocenters. The van der Waals surface area contributed by atoms with E-state index in [1.807, 2.05) is 24.3 Å². The molecule has 0 radical (unpaired) electrons. The van der Waals surface area contributed by atoms with Crippen LogP contribution in [0.15, 0.2) is 48.8 Å². The quantitative estimate of drug-likeness (QED) is 0.678. The van der Waals surface area contributed by atoms with Crippen LogP contribution in [-0.2, 0) is 13.0 Å². The van der Waals surface area contributed by atoms with Crippen molar-refractivity contribution in [3.05, 3.63) is 65.6 Å². The molecule has 5 heteroatoms. The van der Waals surface area contributed by atoms with E-state index in [1.165, 1.54) is 10.9 Å². The number of aryl methyl sites for hydroxylation is 1. The van der Waals surface area contributed by atoms with Gasteiger partial charge in [0.2, 0.25) is 0 Å². The average molecular weight is 308 g/mol. The van der Waals surface area contributed by atoms with Gasteiger partial charge in [0.05, 0.1) is 0 Å². The molecule has 0 aliphatic carbocycles. The Morgan fingerprint density at radius 2 is 1.91 bits per heavy atom. The highest BCUT2D eigenvalue weighted by atomic mass is 16.2. The monoisotopic (exact) mass is 308 g/mol. The Kier molecular flexibility index (Phi) is 4.57. The first-order valence-corrected chi connectivity index (χ1v) is 7.71. The van der Waals surface area contributed by atoms with Gasteiger partial charge in [-0.3, -0.25) is 4.98 Å². The van der Waals surface area contributed by atoms with Crippen LogP contribution in [0.4, 0.5) is 4.79 Å². The van der Waals surface area contributed by atoms with Crippen molar-refractivity contribution >= 4 is 16.9 Å². The fourth-order valence-corrected chi connectivity index (χ4v) is 2.70. The molecule has 2 aromatic heterocycles. The SMILES string of the molecule is Cc1[nH]c2ccccc2c1CCNC(=O)NCc1ccncc1. The summed E-state index contributed by atoms with van der Waals surface area (Å²) in [5.41, 5.74) is 4.59. The standard InChI is InChI=1S/C18H20N4O/c1-13-15(16-4-2-3-5-17(16)22-13)8-11-20-18(23)21-12-14-6-9-19-10-7-14/h2-7,9-10,22H,8,11-12H2,1H3,(H2,20,21,23). The van der Waals surface area contributed by atoms with E-state index in [0.29, 0.717) is 13.1 Å². The van der Waals surface area contributed by atoms with Gasteiger partial charge in [-0.2, -0.15) is 0 Å². The normalized spacial score (nSPS) is 10.7. The van der Waals surface area contributed by atoms with Gasteiger partial charge < -0.3 is 15.6 Å². The second-order valence-electron chi connectivity index (χ2n) is 5.49. The van der Waals surface area contributed by atoms with E-state index in [2.05, 4.69) is 39.7 Å². The van der Waals surface area contributed by atoms with Crippen molar-refractivity contribution in [1.29, 1.82) is 0 Å². The molecular formula is C18H20N4O. The third kappa shape index (κ3) is 3.69. The van der Waals surface area contributed by atoms with E-state index in [-0.39, 0.29) is 6.03 Å². The Hall–Kier alpha value is -2.82. The van der Waals surface area contributed by atoms with Crippen LogP contribution in [0, 0.1) is 6.92 Å². The van der Waals surface area contributed by atoms with Crippen molar-refractivity contribution in [1.82, 2.24) is 20.6 Å². The Morgan fingerprint density at radius 3 is 2.74 bits per heavy atom. The van der Waals surface area contributed by atoms with Gasteiger partial charge in [-0.25, -0.2) is 4.79 Å². The minimum absolute atomic E-state index is 0.153. The lowest BCUT2D eigenvalue weighted by Gasteiger charge is -2.08. The fraction of sp³-hybridized carbons (Fsp3) is 0.222. The predicted octanol–water partition coefficient (Wildman–Crippen LogP) is 2.91. The van der Waals surface area contributed by atoms with E-state index >= 15 is 0 Å². The van der Waals surface area contributed by atoms with E-state index in [9.17, 15) is 4.79 Å². The molecule has 0 saturated carbocycles. The van der Waals surface area contributed by atoms with Crippen molar-refractivity contribution in [3.8, 4) is 0 Å². The minimum atomic E-state index is -0.153. The summed E-state index contributed by atoms with van der Waals surface area (Å²) in [4.78, 5) is 19.2. The topological polar surface area (TPSA) is 69.8 Å². The van der Waals surface area contributed by atoms with Gasteiger partial charge in [0.25, 0.3) is 0 Å². The second-order valence-corrected chi connectivity index (χ2v) is 5.49. The zero-order valence-electron chi connectivity index (χ0n) is 13.1. The molecule has 5 nitrogen and oxygen atoms in total. The molecule has 0 aliphatic rings. The molecule has 0 fully saturated rings. The number of benzene rings is 1. The molecule has 3 N–H and O–H groups in total. The smallest absolute Gasteiger partial charge is 0.315 e. The first-order valence-electron chi connectivity index (χ1n) is 7.71. The number of H-pyrrole nitrogens is 1. The van der Waals surface area contributed by atoms with Gasteiger partial charge in [0.15, 0.2) is 0 Å². The van der Waals surface area contributed by atoms with Crippen LogP contribution in [0.1, 0.15) is 16.8 Å². The van der Waals surface area contributed by atoms with Gasteiger partial charge in [0, 0.05) is 42.1 Å². The van der Waals surface area contributed by atoms with Crippen LogP contribution < -0.4 is 10.6 Å². The second kappa shape index (κ2) is 6.96. The van der Waals surface area contributed by atoms with E-state index in [1.54, 1.807) is 12.4 Å². The lowest BCUT2D eigenvalue weighted by Crippen LogP contribution is -2.36. The van der Waals surface area contributed by atoms with Crippen LogP contribution in [0.25, 0.3) is 10.9 Å². The molecule has 0 aliphatic heterocycles. The molecule has 3 rings (SSSR count). The van der Waals surface area contributed by atoms with E-state index < -0.39 is 0 Å². The lowest BCUT2D eigenvalue weighted by atomic mass is 10.1. The molecule has 1 aromatic carbocycles. The molecule has 0 spiro atoms. The molecule has 0 saturated heterocycles. The number of aromatic nitrogens is 2. The van der Waals surface area contributed by atoms with Crippen LogP contribution in [0.2, 0.25) is 0 Å². The number of hydrogen-bond acceptors (Lipinski definition) is 2. The highest BCUT2D eigenvalue weighted by Crippen LogP contribution is 2.21. The number of aromatic amines is 1. The highest BCUT2D eigenvalue weighted by Gasteiger charge is 2.08. The predicted molar refractivity (Wildman–Crippen MR) is 91.2 cm³/mol. The fourth-order valence-electron chi connectivity index (χ4n) is 2.70. The van der Waals surface area contributed by atoms with Crippen molar-refractivity contribution in [2.75, 3.05) is 6.54 Å². The number of fused-ring (bicyclic) bond motifs is 1. The number of urea groups is 1. The van der Waals surface area contributed by atoms with Gasteiger partial charge >= 0.3 is 6.03 Å². The minimum Gasteiger partial charge on any atom is -0.358 e. The summed E-state index contributed by atoms with van der Waals surface area (Å²) in [5.74, 6) is 0. The number of carbonyl (C=O) groups excluding carboxylic acids is 1. The van der Waals surface area contributed by atoms with E-state index in [0.717, 1.165) is 23.2 Å².